The summed E-state index contributed by atoms with van der Waals surface area (Å²) in [6, 6.07) is 23.2. The number of thioether (sulfide) groups is 1. The molecule has 1 saturated heterocycles. The van der Waals surface area contributed by atoms with E-state index >= 15 is 0 Å². The summed E-state index contributed by atoms with van der Waals surface area (Å²) in [5, 5.41) is 1.10. The van der Waals surface area contributed by atoms with E-state index < -0.39 is 5.97 Å². The first-order valence-corrected chi connectivity index (χ1v) is 15.0. The highest BCUT2D eigenvalue weighted by molar-refractivity contribution is 8.19. The predicted octanol–water partition coefficient (Wildman–Crippen LogP) is 8.47. The Hall–Kier alpha value is -4.07. The molecule has 0 N–H and O–H groups in total. The number of methoxy groups -OCH3 is 1. The number of amides is 1. The number of aromatic nitrogens is 1. The quantitative estimate of drug-likeness (QED) is 0.158. The van der Waals surface area contributed by atoms with Crippen molar-refractivity contribution < 1.29 is 14.3 Å². The van der Waals surface area contributed by atoms with Crippen molar-refractivity contribution in [3.8, 4) is 5.69 Å². The zero-order chi connectivity index (χ0) is 30.0. The molecule has 5 rings (SSSR count). The van der Waals surface area contributed by atoms with Crippen molar-refractivity contribution in [2.24, 2.45) is 4.99 Å². The highest BCUT2D eigenvalue weighted by Crippen LogP contribution is 2.38. The number of carbonyl (C=O) groups excluding carboxylic acids is 2. The number of ether oxygens (including phenoxy) is 1. The summed E-state index contributed by atoms with van der Waals surface area (Å²) in [6.07, 6.45) is 3.77. The monoisotopic (exact) mass is 597 g/mol. The minimum Gasteiger partial charge on any atom is -0.465 e. The van der Waals surface area contributed by atoms with Crippen molar-refractivity contribution in [1.82, 2.24) is 4.57 Å². The summed E-state index contributed by atoms with van der Waals surface area (Å²) in [7, 11) is 1.35. The van der Waals surface area contributed by atoms with Gasteiger partial charge in [0.1, 0.15) is 0 Å². The molecule has 0 radical (unpaired) electrons. The molecule has 214 valence electrons. The summed E-state index contributed by atoms with van der Waals surface area (Å²) in [4.78, 5) is 33.2. The highest BCUT2D eigenvalue weighted by atomic mass is 35.5. The van der Waals surface area contributed by atoms with Crippen molar-refractivity contribution in [2.75, 3.05) is 12.0 Å². The van der Waals surface area contributed by atoms with Crippen LogP contribution in [0.25, 0.3) is 11.8 Å². The van der Waals surface area contributed by atoms with Gasteiger partial charge in [0, 0.05) is 11.4 Å². The molecule has 0 aliphatic carbocycles. The molecule has 1 aliphatic rings. The third-order valence-electron chi connectivity index (χ3n) is 7.34. The van der Waals surface area contributed by atoms with Crippen LogP contribution in [0.15, 0.2) is 82.7 Å². The number of amidine groups is 1. The van der Waals surface area contributed by atoms with Crippen molar-refractivity contribution in [1.29, 1.82) is 0 Å². The van der Waals surface area contributed by atoms with Crippen LogP contribution in [0, 0.1) is 13.8 Å². The molecule has 1 fully saturated rings. The van der Waals surface area contributed by atoms with Crippen LogP contribution in [0.2, 0.25) is 5.02 Å². The second-order valence-electron chi connectivity index (χ2n) is 10.0. The minimum atomic E-state index is -0.436. The Kier molecular flexibility index (Phi) is 8.71. The van der Waals surface area contributed by atoms with Crippen molar-refractivity contribution >= 4 is 57.9 Å². The number of anilines is 1. The lowest BCUT2D eigenvalue weighted by Crippen LogP contribution is -2.28. The molecule has 0 unspecified atom stereocenters. The summed E-state index contributed by atoms with van der Waals surface area (Å²) in [6.45, 7) is 8.16. The average Bonchev–Trinajstić information content (AvgIpc) is 3.46. The van der Waals surface area contributed by atoms with E-state index in [4.69, 9.17) is 21.3 Å². The highest BCUT2D eigenvalue weighted by Gasteiger charge is 2.35. The van der Waals surface area contributed by atoms with Crippen LogP contribution in [0.5, 0.6) is 0 Å². The number of aliphatic imine (C=N–C) groups is 1. The molecule has 1 aromatic heterocycles. The van der Waals surface area contributed by atoms with Gasteiger partial charge in [-0.3, -0.25) is 9.69 Å². The fraction of sp³-hybridized carbons (Fsp3) is 0.206. The fourth-order valence-electron chi connectivity index (χ4n) is 4.95. The molecule has 42 heavy (non-hydrogen) atoms. The van der Waals surface area contributed by atoms with Crippen LogP contribution >= 0.6 is 23.4 Å². The van der Waals surface area contributed by atoms with Crippen LogP contribution in [0.3, 0.4) is 0 Å². The number of hydrogen-bond acceptors (Lipinski definition) is 5. The first kappa shape index (κ1) is 29.4. The zero-order valence-electron chi connectivity index (χ0n) is 24.3. The van der Waals surface area contributed by atoms with Crippen LogP contribution in [-0.2, 0) is 22.4 Å². The lowest BCUT2D eigenvalue weighted by Gasteiger charge is -2.16. The van der Waals surface area contributed by atoms with E-state index in [2.05, 4.69) is 26.0 Å². The van der Waals surface area contributed by atoms with Gasteiger partial charge in [-0.2, -0.15) is 0 Å². The lowest BCUT2D eigenvalue weighted by molar-refractivity contribution is -0.113. The SMILES string of the molecule is CCc1ccc(N=C2S/C(=C\c3cc(C)n(-c4cc(C(=O)OC)ccc4Cl)c3C)C(=O)N2c2ccc(CC)cc2)cc1. The van der Waals surface area contributed by atoms with Gasteiger partial charge in [0.25, 0.3) is 5.91 Å². The smallest absolute Gasteiger partial charge is 0.337 e. The summed E-state index contributed by atoms with van der Waals surface area (Å²) >= 11 is 7.93. The third-order valence-corrected chi connectivity index (χ3v) is 8.63. The Morgan fingerprint density at radius 1 is 0.952 bits per heavy atom. The maximum absolute atomic E-state index is 13.9. The second kappa shape index (κ2) is 12.4. The van der Waals surface area contributed by atoms with E-state index in [9.17, 15) is 9.59 Å². The number of benzene rings is 3. The third kappa shape index (κ3) is 5.80. The van der Waals surface area contributed by atoms with Gasteiger partial charge in [0.15, 0.2) is 5.17 Å². The van der Waals surface area contributed by atoms with Gasteiger partial charge in [-0.25, -0.2) is 9.79 Å². The molecule has 2 heterocycles. The Bertz CT molecular complexity index is 1720. The van der Waals surface area contributed by atoms with Gasteiger partial charge >= 0.3 is 5.97 Å². The van der Waals surface area contributed by atoms with Crippen molar-refractivity contribution in [3.05, 3.63) is 116 Å². The van der Waals surface area contributed by atoms with Crippen LogP contribution < -0.4 is 4.90 Å². The number of carbonyl (C=O) groups is 2. The van der Waals surface area contributed by atoms with Crippen LogP contribution in [-0.4, -0.2) is 28.7 Å². The van der Waals surface area contributed by atoms with E-state index in [0.29, 0.717) is 26.3 Å². The van der Waals surface area contributed by atoms with Gasteiger partial charge in [0.05, 0.1) is 39.7 Å². The molecule has 0 spiro atoms. The molecule has 1 aliphatic heterocycles. The number of hydrogen-bond donors (Lipinski definition) is 0. The Labute approximate surface area is 255 Å². The van der Waals surface area contributed by atoms with E-state index in [1.165, 1.54) is 30.0 Å². The van der Waals surface area contributed by atoms with Crippen LogP contribution in [0.1, 0.15) is 52.3 Å². The van der Waals surface area contributed by atoms with Gasteiger partial charge in [-0.05, 0) is 110 Å². The van der Waals surface area contributed by atoms with Gasteiger partial charge in [0.2, 0.25) is 0 Å². The number of esters is 1. The van der Waals surface area contributed by atoms with Crippen molar-refractivity contribution in [2.45, 2.75) is 40.5 Å². The molecule has 1 amide bonds. The number of aryl methyl sites for hydroxylation is 3. The zero-order valence-corrected chi connectivity index (χ0v) is 25.8. The first-order chi connectivity index (χ1) is 20.2. The van der Waals surface area contributed by atoms with Gasteiger partial charge < -0.3 is 9.30 Å². The largest absolute Gasteiger partial charge is 0.465 e. The van der Waals surface area contributed by atoms with E-state index in [-0.39, 0.29) is 5.91 Å². The van der Waals surface area contributed by atoms with Gasteiger partial charge in [-0.1, -0.05) is 49.7 Å². The summed E-state index contributed by atoms with van der Waals surface area (Å²) in [5.41, 5.74) is 7.73. The summed E-state index contributed by atoms with van der Waals surface area (Å²) in [5.74, 6) is -0.572. The summed E-state index contributed by atoms with van der Waals surface area (Å²) < 4.78 is 6.88. The Morgan fingerprint density at radius 3 is 2.21 bits per heavy atom. The van der Waals surface area contributed by atoms with E-state index in [1.807, 2.05) is 67.0 Å². The molecule has 3 aromatic carbocycles. The van der Waals surface area contributed by atoms with E-state index in [0.717, 1.165) is 41.2 Å². The maximum atomic E-state index is 13.9. The standard InChI is InChI=1S/C34H32ClN3O3S/c1-6-23-8-13-27(14-9-23)36-34-38(28-15-10-24(7-2)11-16-28)32(39)31(42-34)20-26-18-21(3)37(22(26)4)30-19-25(33(40)41-5)12-17-29(30)35/h8-20H,6-7H2,1-5H3/b31-20-,36-34?. The second-order valence-corrected chi connectivity index (χ2v) is 11.4. The molecule has 0 bridgehead atoms. The minimum absolute atomic E-state index is 0.135. The molecule has 6 nitrogen and oxygen atoms in total. The molecule has 0 saturated carbocycles. The molecule has 0 atom stereocenters. The number of halogens is 1. The van der Waals surface area contributed by atoms with Crippen LogP contribution in [0.4, 0.5) is 11.4 Å². The molecule has 8 heteroatoms. The molecular weight excluding hydrogens is 566 g/mol. The molecular formula is C34H32ClN3O3S. The van der Waals surface area contributed by atoms with Gasteiger partial charge in [-0.15, -0.1) is 0 Å². The predicted molar refractivity (Wildman–Crippen MR) is 173 cm³/mol. The lowest BCUT2D eigenvalue weighted by atomic mass is 10.1. The average molecular weight is 598 g/mol. The Balaban J connectivity index is 1.57. The fourth-order valence-corrected chi connectivity index (χ4v) is 6.14. The van der Waals surface area contributed by atoms with Crippen molar-refractivity contribution in [3.63, 3.8) is 0 Å². The normalized spacial score (nSPS) is 15.2. The maximum Gasteiger partial charge on any atom is 0.337 e. The topological polar surface area (TPSA) is 63.9 Å². The Morgan fingerprint density at radius 2 is 1.60 bits per heavy atom. The molecule has 4 aromatic rings. The first-order valence-electron chi connectivity index (χ1n) is 13.8. The number of nitrogens with zero attached hydrogens (tertiary/aromatic N) is 3. The van der Waals surface area contributed by atoms with E-state index in [1.54, 1.807) is 23.1 Å². The number of rotatable bonds is 7.